The van der Waals surface area contributed by atoms with E-state index in [1.165, 1.54) is 0 Å². The zero-order chi connectivity index (χ0) is 31.7. The van der Waals surface area contributed by atoms with Gasteiger partial charge in [-0.05, 0) is 50.1 Å². The second-order valence-corrected chi connectivity index (χ2v) is 10.4. The Labute approximate surface area is 245 Å². The van der Waals surface area contributed by atoms with Crippen molar-refractivity contribution in [3.8, 4) is 0 Å². The van der Waals surface area contributed by atoms with Gasteiger partial charge in [-0.3, -0.25) is 24.0 Å². The van der Waals surface area contributed by atoms with E-state index in [1.54, 1.807) is 30.3 Å². The maximum Gasteiger partial charge on any atom is 0.326 e. The van der Waals surface area contributed by atoms with Crippen LogP contribution in [0.5, 0.6) is 0 Å². The number of rotatable bonds is 20. The van der Waals surface area contributed by atoms with E-state index in [0.29, 0.717) is 25.8 Å². The molecule has 14 heteroatoms. The minimum Gasteiger partial charge on any atom is -0.481 e. The molecule has 234 valence electrons. The number of carboxylic acids is 2. The monoisotopic (exact) mass is 592 g/mol. The summed E-state index contributed by atoms with van der Waals surface area (Å²) in [7, 11) is 0. The van der Waals surface area contributed by atoms with Gasteiger partial charge in [-0.25, -0.2) is 4.79 Å². The summed E-state index contributed by atoms with van der Waals surface area (Å²) in [5, 5.41) is 28.2. The molecule has 0 bridgehead atoms. The quantitative estimate of drug-likeness (QED) is 0.0881. The second kappa shape index (κ2) is 19.1. The second-order valence-electron chi connectivity index (χ2n) is 10.4. The van der Waals surface area contributed by atoms with Gasteiger partial charge in [-0.15, -0.1) is 0 Å². The van der Waals surface area contributed by atoms with Gasteiger partial charge in [-0.1, -0.05) is 44.2 Å². The van der Waals surface area contributed by atoms with Crippen LogP contribution in [0.15, 0.2) is 30.3 Å². The fourth-order valence-electron chi connectivity index (χ4n) is 4.05. The molecule has 1 rings (SSSR count). The van der Waals surface area contributed by atoms with Gasteiger partial charge >= 0.3 is 11.9 Å². The molecule has 0 radical (unpaired) electrons. The minimum atomic E-state index is -1.37. The number of carbonyl (C=O) groups excluding carboxylic acids is 4. The molecule has 1 aromatic carbocycles. The fraction of sp³-hybridized carbons (Fsp3) is 0.571. The topological polar surface area (TPSA) is 243 Å². The first-order chi connectivity index (χ1) is 19.8. The van der Waals surface area contributed by atoms with E-state index in [1.807, 2.05) is 13.8 Å². The Morgan fingerprint density at radius 3 is 2.02 bits per heavy atom. The number of benzene rings is 1. The van der Waals surface area contributed by atoms with Crippen LogP contribution in [-0.4, -0.2) is 83.0 Å². The molecule has 1 aromatic rings. The van der Waals surface area contributed by atoms with Crippen molar-refractivity contribution >= 4 is 35.6 Å². The van der Waals surface area contributed by atoms with Crippen molar-refractivity contribution in [3.05, 3.63) is 35.9 Å². The first-order valence-corrected chi connectivity index (χ1v) is 14.0. The van der Waals surface area contributed by atoms with E-state index < -0.39 is 72.7 Å². The summed E-state index contributed by atoms with van der Waals surface area (Å²) in [6.07, 6.45) is 0.836. The highest BCUT2D eigenvalue weighted by Gasteiger charge is 2.28. The molecule has 0 unspecified atom stereocenters. The summed E-state index contributed by atoms with van der Waals surface area (Å²) in [5.41, 5.74) is 12.2. The standard InChI is InChI=1S/C28H44N6O8/c1-17(2)14-19(30)25(38)34-22(15-18-8-4-3-5-9-18)26(39)31-16-23(35)32-20(11-12-24(36)37)27(40)33-21(28(41)42)10-6-7-13-29/h3-5,8-9,17,19-22H,6-7,10-16,29-30H2,1-2H3,(H,31,39)(H,32,35)(H,33,40)(H,34,38)(H,36,37)(H,41,42)/t19-,20-,21-,22-/m0/s1. The van der Waals surface area contributed by atoms with E-state index in [4.69, 9.17) is 16.6 Å². The van der Waals surface area contributed by atoms with Gasteiger partial charge in [0.25, 0.3) is 0 Å². The molecule has 0 spiro atoms. The Balaban J connectivity index is 2.90. The van der Waals surface area contributed by atoms with E-state index >= 15 is 0 Å². The van der Waals surface area contributed by atoms with Gasteiger partial charge in [-0.2, -0.15) is 0 Å². The zero-order valence-corrected chi connectivity index (χ0v) is 24.1. The fourth-order valence-corrected chi connectivity index (χ4v) is 4.05. The summed E-state index contributed by atoms with van der Waals surface area (Å²) in [5.74, 6) is -5.22. The van der Waals surface area contributed by atoms with E-state index in [-0.39, 0.29) is 25.2 Å². The molecule has 0 saturated carbocycles. The molecule has 10 N–H and O–H groups in total. The predicted molar refractivity (Wildman–Crippen MR) is 154 cm³/mol. The Bertz CT molecular complexity index is 1050. The molecule has 0 aliphatic carbocycles. The maximum absolute atomic E-state index is 13.0. The van der Waals surface area contributed by atoms with Crippen LogP contribution in [0.4, 0.5) is 0 Å². The van der Waals surface area contributed by atoms with Gasteiger partial charge in [0, 0.05) is 12.8 Å². The average molecular weight is 593 g/mol. The number of aliphatic carboxylic acids is 2. The first kappa shape index (κ1) is 36.0. The zero-order valence-electron chi connectivity index (χ0n) is 24.1. The third kappa shape index (κ3) is 14.6. The van der Waals surface area contributed by atoms with Crippen molar-refractivity contribution in [2.75, 3.05) is 13.1 Å². The molecule has 0 aliphatic heterocycles. The molecule has 4 atom stereocenters. The molecule has 14 nitrogen and oxygen atoms in total. The number of nitrogens with one attached hydrogen (secondary N) is 4. The van der Waals surface area contributed by atoms with Crippen molar-refractivity contribution in [2.45, 2.75) is 83.0 Å². The van der Waals surface area contributed by atoms with Crippen LogP contribution in [0.2, 0.25) is 0 Å². The normalized spacial score (nSPS) is 13.7. The SMILES string of the molecule is CC(C)C[C@H](N)C(=O)N[C@@H](Cc1ccccc1)C(=O)NCC(=O)N[C@@H](CCC(=O)O)C(=O)N[C@@H](CCCCN)C(=O)O. The van der Waals surface area contributed by atoms with Crippen LogP contribution >= 0.6 is 0 Å². The molecule has 0 fully saturated rings. The summed E-state index contributed by atoms with van der Waals surface area (Å²) < 4.78 is 0. The number of hydrogen-bond acceptors (Lipinski definition) is 8. The third-order valence-electron chi connectivity index (χ3n) is 6.26. The highest BCUT2D eigenvalue weighted by molar-refractivity contribution is 5.94. The van der Waals surface area contributed by atoms with Crippen LogP contribution in [0.1, 0.15) is 57.9 Å². The van der Waals surface area contributed by atoms with Crippen molar-refractivity contribution in [2.24, 2.45) is 17.4 Å². The first-order valence-electron chi connectivity index (χ1n) is 14.0. The van der Waals surface area contributed by atoms with Crippen LogP contribution in [0.3, 0.4) is 0 Å². The smallest absolute Gasteiger partial charge is 0.326 e. The summed E-state index contributed by atoms with van der Waals surface area (Å²) in [4.78, 5) is 73.8. The van der Waals surface area contributed by atoms with Crippen molar-refractivity contribution in [1.82, 2.24) is 21.3 Å². The third-order valence-corrected chi connectivity index (χ3v) is 6.26. The lowest BCUT2D eigenvalue weighted by molar-refractivity contribution is -0.143. The summed E-state index contributed by atoms with van der Waals surface area (Å²) >= 11 is 0. The van der Waals surface area contributed by atoms with Crippen molar-refractivity contribution in [3.63, 3.8) is 0 Å². The molecular formula is C28H44N6O8. The number of nitrogens with two attached hydrogens (primary N) is 2. The van der Waals surface area contributed by atoms with Crippen molar-refractivity contribution in [1.29, 1.82) is 0 Å². The Morgan fingerprint density at radius 2 is 1.45 bits per heavy atom. The van der Waals surface area contributed by atoms with Gasteiger partial charge in [0.1, 0.15) is 18.1 Å². The van der Waals surface area contributed by atoms with Crippen LogP contribution in [0.25, 0.3) is 0 Å². The lowest BCUT2D eigenvalue weighted by Gasteiger charge is -2.23. The molecule has 42 heavy (non-hydrogen) atoms. The number of carboxylic acid groups (broad SMARTS) is 2. The van der Waals surface area contributed by atoms with Gasteiger partial charge in [0.2, 0.25) is 23.6 Å². The molecule has 4 amide bonds. The Kier molecular flexibility index (Phi) is 16.4. The average Bonchev–Trinajstić information content (AvgIpc) is 2.92. The molecule has 0 aromatic heterocycles. The molecule has 0 saturated heterocycles. The number of carbonyl (C=O) groups is 6. The predicted octanol–water partition coefficient (Wildman–Crippen LogP) is -0.748. The molecule has 0 aliphatic rings. The van der Waals surface area contributed by atoms with Crippen molar-refractivity contribution < 1.29 is 39.0 Å². The Morgan fingerprint density at radius 1 is 0.810 bits per heavy atom. The van der Waals surface area contributed by atoms with Crippen LogP contribution in [-0.2, 0) is 35.2 Å². The van der Waals surface area contributed by atoms with Crippen LogP contribution in [0, 0.1) is 5.92 Å². The number of hydrogen-bond donors (Lipinski definition) is 8. The lowest BCUT2D eigenvalue weighted by Crippen LogP contribution is -2.55. The number of amides is 4. The highest BCUT2D eigenvalue weighted by Crippen LogP contribution is 2.07. The maximum atomic E-state index is 13.0. The largest absolute Gasteiger partial charge is 0.481 e. The van der Waals surface area contributed by atoms with E-state index in [0.717, 1.165) is 5.56 Å². The molecular weight excluding hydrogens is 548 g/mol. The van der Waals surface area contributed by atoms with Gasteiger partial charge in [0.15, 0.2) is 0 Å². The van der Waals surface area contributed by atoms with Crippen LogP contribution < -0.4 is 32.7 Å². The number of unbranched alkanes of at least 4 members (excludes halogenated alkanes) is 1. The molecule has 0 heterocycles. The van der Waals surface area contributed by atoms with E-state index in [9.17, 15) is 33.9 Å². The summed E-state index contributed by atoms with van der Waals surface area (Å²) in [6, 6.07) is 4.40. The van der Waals surface area contributed by atoms with Gasteiger partial charge < -0.3 is 42.9 Å². The Hall–Kier alpha value is -4.04. The highest BCUT2D eigenvalue weighted by atomic mass is 16.4. The lowest BCUT2D eigenvalue weighted by atomic mass is 10.0. The van der Waals surface area contributed by atoms with Gasteiger partial charge in [0.05, 0.1) is 12.6 Å². The summed E-state index contributed by atoms with van der Waals surface area (Å²) in [6.45, 7) is 3.58. The van der Waals surface area contributed by atoms with E-state index in [2.05, 4.69) is 21.3 Å². The minimum absolute atomic E-state index is 0.100.